The van der Waals surface area contributed by atoms with Crippen molar-refractivity contribution < 1.29 is 23.6 Å². The first-order valence-electron chi connectivity index (χ1n) is 10.6. The fourth-order valence-corrected chi connectivity index (χ4v) is 3.24. The van der Waals surface area contributed by atoms with Gasteiger partial charge < -0.3 is 16.0 Å². The van der Waals surface area contributed by atoms with Gasteiger partial charge in [0.25, 0.3) is 11.8 Å². The van der Waals surface area contributed by atoms with Crippen LogP contribution in [-0.2, 0) is 27.3 Å². The molecule has 1 heterocycles. The molecule has 3 N–H and O–H groups in total. The van der Waals surface area contributed by atoms with Crippen molar-refractivity contribution in [2.45, 2.75) is 19.0 Å². The van der Waals surface area contributed by atoms with E-state index in [1.54, 1.807) is 54.7 Å². The van der Waals surface area contributed by atoms with E-state index in [9.17, 15) is 23.6 Å². The van der Waals surface area contributed by atoms with Crippen LogP contribution < -0.4 is 16.0 Å². The number of rotatable bonds is 10. The highest BCUT2D eigenvalue weighted by molar-refractivity contribution is 6.38. The third-order valence-electron chi connectivity index (χ3n) is 4.91. The van der Waals surface area contributed by atoms with Crippen LogP contribution in [0.3, 0.4) is 0 Å². The Morgan fingerprint density at radius 1 is 0.943 bits per heavy atom. The van der Waals surface area contributed by atoms with E-state index in [-0.39, 0.29) is 23.6 Å². The molecule has 1 atom stereocenters. The maximum Gasteiger partial charge on any atom is 0.289 e. The number of amides is 3. The van der Waals surface area contributed by atoms with E-state index in [2.05, 4.69) is 20.9 Å². The molecule has 0 saturated carbocycles. The zero-order valence-electron chi connectivity index (χ0n) is 18.5. The Morgan fingerprint density at radius 2 is 1.69 bits per heavy atom. The minimum atomic E-state index is -1.17. The zero-order valence-corrected chi connectivity index (χ0v) is 19.2. The molecule has 0 spiro atoms. The van der Waals surface area contributed by atoms with Gasteiger partial charge in [-0.05, 0) is 35.9 Å². The number of carbonyl (C=O) groups excluding carboxylic acids is 4. The largest absolute Gasteiger partial charge is 0.344 e. The third kappa shape index (κ3) is 7.72. The number of halogens is 2. The molecule has 3 rings (SSSR count). The van der Waals surface area contributed by atoms with Crippen LogP contribution >= 0.6 is 11.6 Å². The summed E-state index contributed by atoms with van der Waals surface area (Å²) >= 11 is 5.61. The molecule has 180 valence electrons. The predicted octanol–water partition coefficient (Wildman–Crippen LogP) is 2.22. The number of hydrogen-bond acceptors (Lipinski definition) is 5. The molecule has 1 aromatic heterocycles. The summed E-state index contributed by atoms with van der Waals surface area (Å²) in [5.74, 6) is -3.88. The highest BCUT2D eigenvalue weighted by Gasteiger charge is 2.27. The minimum Gasteiger partial charge on any atom is -0.344 e. The number of hydrogen-bond donors (Lipinski definition) is 3. The number of ketones is 1. The molecule has 0 aliphatic rings. The number of nitrogens with zero attached hydrogens (tertiary/aromatic N) is 1. The van der Waals surface area contributed by atoms with Crippen LogP contribution in [0.1, 0.15) is 21.6 Å². The normalized spacial score (nSPS) is 11.3. The lowest BCUT2D eigenvalue weighted by atomic mass is 10.0. The molecule has 8 nitrogen and oxygen atoms in total. The van der Waals surface area contributed by atoms with Gasteiger partial charge in [0.2, 0.25) is 11.7 Å². The summed E-state index contributed by atoms with van der Waals surface area (Å²) in [6.45, 7) is -0.442. The molecule has 0 saturated heterocycles. The van der Waals surface area contributed by atoms with Crippen LogP contribution in [-0.4, -0.2) is 41.1 Å². The van der Waals surface area contributed by atoms with E-state index in [0.717, 1.165) is 11.6 Å². The van der Waals surface area contributed by atoms with Crippen LogP contribution in [0.15, 0.2) is 72.9 Å². The SMILES string of the molecule is O=C(CNC(=O)c1ccc(Cl)c(F)c1)N[C@H](Cc1ccccc1)C(=O)C(=O)NCc1ccccn1. The number of aromatic nitrogens is 1. The van der Waals surface area contributed by atoms with Gasteiger partial charge in [0.1, 0.15) is 11.9 Å². The summed E-state index contributed by atoms with van der Waals surface area (Å²) in [4.78, 5) is 54.1. The maximum atomic E-state index is 13.6. The van der Waals surface area contributed by atoms with Gasteiger partial charge in [-0.15, -0.1) is 0 Å². The van der Waals surface area contributed by atoms with Crippen LogP contribution in [0.2, 0.25) is 5.02 Å². The Kier molecular flexibility index (Phi) is 9.02. The Hall–Kier alpha value is -4.11. The van der Waals surface area contributed by atoms with Crippen molar-refractivity contribution in [1.29, 1.82) is 0 Å². The number of carbonyl (C=O) groups is 4. The first kappa shape index (κ1) is 25.5. The zero-order chi connectivity index (χ0) is 25.2. The van der Waals surface area contributed by atoms with E-state index < -0.39 is 41.9 Å². The van der Waals surface area contributed by atoms with Crippen LogP contribution in [0, 0.1) is 5.82 Å². The molecular weight excluding hydrogens is 475 g/mol. The quantitative estimate of drug-likeness (QED) is 0.372. The number of benzene rings is 2. The lowest BCUT2D eigenvalue weighted by Gasteiger charge is -2.18. The molecule has 10 heteroatoms. The Bertz CT molecular complexity index is 1210. The summed E-state index contributed by atoms with van der Waals surface area (Å²) in [5.41, 5.74) is 1.27. The van der Waals surface area contributed by atoms with Gasteiger partial charge in [-0.25, -0.2) is 4.39 Å². The highest BCUT2D eigenvalue weighted by Crippen LogP contribution is 2.15. The minimum absolute atomic E-state index is 0.0227. The molecule has 0 radical (unpaired) electrons. The van der Waals surface area contributed by atoms with Crippen molar-refractivity contribution in [3.63, 3.8) is 0 Å². The summed E-state index contributed by atoms with van der Waals surface area (Å²) in [6.07, 6.45) is 1.63. The topological polar surface area (TPSA) is 117 Å². The van der Waals surface area contributed by atoms with Crippen molar-refractivity contribution >= 4 is 35.1 Å². The van der Waals surface area contributed by atoms with Crippen molar-refractivity contribution in [2.75, 3.05) is 6.54 Å². The molecule has 0 unspecified atom stereocenters. The lowest BCUT2D eigenvalue weighted by Crippen LogP contribution is -2.50. The summed E-state index contributed by atoms with van der Waals surface area (Å²) < 4.78 is 13.6. The molecule has 3 amide bonds. The second-order valence-electron chi connectivity index (χ2n) is 7.49. The van der Waals surface area contributed by atoms with E-state index in [1.807, 2.05) is 0 Å². The van der Waals surface area contributed by atoms with Gasteiger partial charge >= 0.3 is 0 Å². The fourth-order valence-electron chi connectivity index (χ4n) is 3.12. The van der Waals surface area contributed by atoms with Crippen LogP contribution in [0.25, 0.3) is 0 Å². The average Bonchev–Trinajstić information content (AvgIpc) is 2.87. The van der Waals surface area contributed by atoms with Crippen molar-refractivity contribution in [2.24, 2.45) is 0 Å². The molecule has 3 aromatic rings. The third-order valence-corrected chi connectivity index (χ3v) is 5.21. The average molecular weight is 497 g/mol. The molecule has 0 fully saturated rings. The molecular formula is C25H22ClFN4O4. The summed E-state index contributed by atoms with van der Waals surface area (Å²) in [7, 11) is 0. The van der Waals surface area contributed by atoms with Crippen molar-refractivity contribution in [3.05, 3.63) is 101 Å². The smallest absolute Gasteiger partial charge is 0.289 e. The molecule has 2 aromatic carbocycles. The Morgan fingerprint density at radius 3 is 2.37 bits per heavy atom. The summed E-state index contributed by atoms with van der Waals surface area (Å²) in [5, 5.41) is 7.21. The van der Waals surface area contributed by atoms with Gasteiger partial charge in [-0.2, -0.15) is 0 Å². The van der Waals surface area contributed by atoms with Crippen molar-refractivity contribution in [1.82, 2.24) is 20.9 Å². The first-order chi connectivity index (χ1) is 16.8. The van der Waals surface area contributed by atoms with Gasteiger partial charge in [0.15, 0.2) is 0 Å². The van der Waals surface area contributed by atoms with E-state index in [1.165, 1.54) is 12.1 Å². The number of pyridine rings is 1. The standard InChI is InChI=1S/C25H22ClFN4O4/c26-19-10-9-17(13-20(19)27)24(34)30-15-22(32)31-21(12-16-6-2-1-3-7-16)23(33)25(35)29-14-18-8-4-5-11-28-18/h1-11,13,21H,12,14-15H2,(H,29,35)(H,30,34)(H,31,32)/t21-/m1/s1. The Balaban J connectivity index is 1.62. The summed E-state index contributed by atoms with van der Waals surface area (Å²) in [6, 6.07) is 16.3. The fraction of sp³-hybridized carbons (Fsp3) is 0.160. The molecule has 35 heavy (non-hydrogen) atoms. The maximum absolute atomic E-state index is 13.6. The second kappa shape index (κ2) is 12.4. The monoisotopic (exact) mass is 496 g/mol. The second-order valence-corrected chi connectivity index (χ2v) is 7.90. The van der Waals surface area contributed by atoms with Gasteiger partial charge in [0, 0.05) is 18.2 Å². The molecule has 0 aliphatic heterocycles. The van der Waals surface area contributed by atoms with Crippen LogP contribution in [0.5, 0.6) is 0 Å². The van der Waals surface area contributed by atoms with E-state index in [4.69, 9.17) is 11.6 Å². The lowest BCUT2D eigenvalue weighted by molar-refractivity contribution is -0.140. The van der Waals surface area contributed by atoms with E-state index in [0.29, 0.717) is 5.69 Å². The van der Waals surface area contributed by atoms with Gasteiger partial charge in [0.05, 0.1) is 23.8 Å². The number of nitrogens with one attached hydrogen (secondary N) is 3. The first-order valence-corrected chi connectivity index (χ1v) is 11.0. The van der Waals surface area contributed by atoms with Gasteiger partial charge in [-0.1, -0.05) is 48.0 Å². The number of Topliss-reactive ketones (excluding diaryl/α,β-unsaturated/α-hetero) is 1. The molecule has 0 bridgehead atoms. The van der Waals surface area contributed by atoms with Gasteiger partial charge in [-0.3, -0.25) is 24.2 Å². The highest BCUT2D eigenvalue weighted by atomic mass is 35.5. The Labute approximate surface area is 205 Å². The molecule has 0 aliphatic carbocycles. The van der Waals surface area contributed by atoms with Crippen molar-refractivity contribution in [3.8, 4) is 0 Å². The van der Waals surface area contributed by atoms with E-state index >= 15 is 0 Å². The predicted molar refractivity (Wildman–Crippen MR) is 127 cm³/mol. The van der Waals surface area contributed by atoms with Crippen LogP contribution in [0.4, 0.5) is 4.39 Å².